The number of amides is 1. The van der Waals surface area contributed by atoms with Gasteiger partial charge in [0.15, 0.2) is 0 Å². The molecular weight excluding hydrogens is 412 g/mol. The summed E-state index contributed by atoms with van der Waals surface area (Å²) in [5.41, 5.74) is 1.10. The molecule has 1 heterocycles. The summed E-state index contributed by atoms with van der Waals surface area (Å²) < 4.78 is 32.5. The smallest absolute Gasteiger partial charge is 0.251 e. The summed E-state index contributed by atoms with van der Waals surface area (Å²) in [6.45, 7) is 3.74. The van der Waals surface area contributed by atoms with Crippen LogP contribution in [-0.4, -0.2) is 20.9 Å². The van der Waals surface area contributed by atoms with E-state index >= 15 is 0 Å². The van der Waals surface area contributed by atoms with E-state index in [4.69, 9.17) is 16.0 Å². The number of nitrogens with one attached hydrogen (secondary N) is 2. The molecule has 0 fully saturated rings. The molecule has 0 aliphatic rings. The van der Waals surface area contributed by atoms with Crippen molar-refractivity contribution in [2.75, 3.05) is 6.54 Å². The van der Waals surface area contributed by atoms with Crippen molar-refractivity contribution in [2.24, 2.45) is 0 Å². The van der Waals surface area contributed by atoms with Crippen molar-refractivity contribution in [3.63, 3.8) is 0 Å². The topological polar surface area (TPSA) is 88.4 Å². The van der Waals surface area contributed by atoms with Crippen molar-refractivity contribution >= 4 is 27.5 Å². The van der Waals surface area contributed by atoms with Gasteiger partial charge in [0.25, 0.3) is 5.91 Å². The molecule has 3 rings (SSSR count). The number of sulfonamides is 1. The molecule has 1 aromatic heterocycles. The quantitative estimate of drug-likeness (QED) is 0.529. The van der Waals surface area contributed by atoms with Gasteiger partial charge in [0.05, 0.1) is 11.4 Å². The minimum Gasteiger partial charge on any atom is -0.459 e. The van der Waals surface area contributed by atoms with Crippen molar-refractivity contribution in [2.45, 2.75) is 11.4 Å². The number of benzene rings is 2. The van der Waals surface area contributed by atoms with Gasteiger partial charge in [-0.15, -0.1) is 6.58 Å². The van der Waals surface area contributed by atoms with E-state index in [1.165, 1.54) is 24.3 Å². The van der Waals surface area contributed by atoms with Gasteiger partial charge >= 0.3 is 0 Å². The lowest BCUT2D eigenvalue weighted by atomic mass is 10.2. The minimum absolute atomic E-state index is 0.00928. The van der Waals surface area contributed by atoms with E-state index in [-0.39, 0.29) is 23.5 Å². The lowest BCUT2D eigenvalue weighted by Crippen LogP contribution is -2.25. The Bertz CT molecular complexity index is 1120. The number of furan rings is 1. The molecule has 0 bridgehead atoms. The van der Waals surface area contributed by atoms with Gasteiger partial charge in [0.2, 0.25) is 10.0 Å². The third kappa shape index (κ3) is 5.35. The van der Waals surface area contributed by atoms with Crippen LogP contribution >= 0.6 is 11.6 Å². The van der Waals surface area contributed by atoms with Crippen LogP contribution in [0.5, 0.6) is 0 Å². The van der Waals surface area contributed by atoms with E-state index in [1.807, 2.05) is 18.2 Å². The Morgan fingerprint density at radius 1 is 1.10 bits per heavy atom. The van der Waals surface area contributed by atoms with E-state index in [2.05, 4.69) is 16.6 Å². The van der Waals surface area contributed by atoms with E-state index < -0.39 is 15.9 Å². The predicted molar refractivity (Wildman–Crippen MR) is 112 cm³/mol. The van der Waals surface area contributed by atoms with Gasteiger partial charge in [0.1, 0.15) is 11.5 Å². The summed E-state index contributed by atoms with van der Waals surface area (Å²) in [6, 6.07) is 16.6. The van der Waals surface area contributed by atoms with Crippen LogP contribution in [0, 0.1) is 0 Å². The molecule has 150 valence electrons. The van der Waals surface area contributed by atoms with Crippen molar-refractivity contribution in [3.8, 4) is 11.3 Å². The number of hydrogen-bond donors (Lipinski definition) is 2. The molecule has 0 saturated carbocycles. The van der Waals surface area contributed by atoms with E-state index in [9.17, 15) is 13.2 Å². The Morgan fingerprint density at radius 3 is 2.59 bits per heavy atom. The molecule has 0 aliphatic carbocycles. The largest absolute Gasteiger partial charge is 0.459 e. The fourth-order valence-electron chi connectivity index (χ4n) is 2.57. The first-order chi connectivity index (χ1) is 13.9. The molecule has 0 spiro atoms. The average molecular weight is 431 g/mol. The number of rotatable bonds is 8. The van der Waals surface area contributed by atoms with Gasteiger partial charge < -0.3 is 9.73 Å². The summed E-state index contributed by atoms with van der Waals surface area (Å²) in [6.07, 6.45) is 1.44. The molecule has 0 aliphatic heterocycles. The number of carbonyl (C=O) groups excluding carboxylic acids is 1. The zero-order chi connectivity index (χ0) is 20.9. The van der Waals surface area contributed by atoms with Crippen molar-refractivity contribution in [1.82, 2.24) is 10.0 Å². The zero-order valence-corrected chi connectivity index (χ0v) is 17.0. The first-order valence-electron chi connectivity index (χ1n) is 8.72. The molecular formula is C21H19ClN2O4S. The van der Waals surface area contributed by atoms with Gasteiger partial charge in [-0.25, -0.2) is 13.1 Å². The maximum absolute atomic E-state index is 12.4. The Kier molecular flexibility index (Phi) is 6.53. The summed E-state index contributed by atoms with van der Waals surface area (Å²) in [4.78, 5) is 12.4. The van der Waals surface area contributed by atoms with E-state index in [1.54, 1.807) is 24.3 Å². The third-order valence-corrected chi connectivity index (χ3v) is 5.71. The molecule has 0 radical (unpaired) electrons. The highest BCUT2D eigenvalue weighted by atomic mass is 35.5. The Balaban J connectivity index is 1.66. The normalized spacial score (nSPS) is 11.2. The van der Waals surface area contributed by atoms with Gasteiger partial charge in [-0.3, -0.25) is 4.79 Å². The van der Waals surface area contributed by atoms with Crippen LogP contribution in [0.15, 0.2) is 82.6 Å². The first-order valence-corrected chi connectivity index (χ1v) is 10.6. The molecule has 0 atom stereocenters. The second kappa shape index (κ2) is 9.09. The second-order valence-corrected chi connectivity index (χ2v) is 8.33. The Labute approximate surface area is 174 Å². The number of hydrogen-bond acceptors (Lipinski definition) is 4. The first kappa shape index (κ1) is 20.9. The highest BCUT2D eigenvalue weighted by Gasteiger charge is 2.15. The fourth-order valence-corrected chi connectivity index (χ4v) is 3.74. The van der Waals surface area contributed by atoms with Crippen LogP contribution in [0.2, 0.25) is 5.02 Å². The second-order valence-electron chi connectivity index (χ2n) is 6.12. The van der Waals surface area contributed by atoms with Crippen LogP contribution in [0.1, 0.15) is 16.1 Å². The maximum atomic E-state index is 12.4. The lowest BCUT2D eigenvalue weighted by Gasteiger charge is -2.07. The molecule has 2 aromatic carbocycles. The van der Waals surface area contributed by atoms with E-state index in [0.29, 0.717) is 16.5 Å². The lowest BCUT2D eigenvalue weighted by molar-refractivity contribution is 0.0948. The van der Waals surface area contributed by atoms with Gasteiger partial charge in [-0.1, -0.05) is 23.7 Å². The van der Waals surface area contributed by atoms with Gasteiger partial charge in [0, 0.05) is 22.7 Å². The molecule has 29 heavy (non-hydrogen) atoms. The third-order valence-electron chi connectivity index (χ3n) is 4.04. The van der Waals surface area contributed by atoms with Crippen LogP contribution in [0.3, 0.4) is 0 Å². The average Bonchev–Trinajstić information content (AvgIpc) is 3.20. The van der Waals surface area contributed by atoms with Gasteiger partial charge in [-0.05, 0) is 54.6 Å². The predicted octanol–water partition coefficient (Wildman–Crippen LogP) is 3.99. The minimum atomic E-state index is -3.71. The molecule has 6 nitrogen and oxygen atoms in total. The highest BCUT2D eigenvalue weighted by molar-refractivity contribution is 7.89. The van der Waals surface area contributed by atoms with Crippen molar-refractivity contribution < 1.29 is 17.6 Å². The summed E-state index contributed by atoms with van der Waals surface area (Å²) in [5.74, 6) is 0.822. The zero-order valence-electron chi connectivity index (χ0n) is 15.4. The standard InChI is InChI=1S/C21H19ClN2O4S/c1-2-12-24-29(26,27)19-5-3-4-16(13-19)21(25)23-14-18-10-11-20(28-18)15-6-8-17(22)9-7-15/h2-11,13,24H,1,12,14H2,(H,23,25). The van der Waals surface area contributed by atoms with Crippen molar-refractivity contribution in [3.05, 3.63) is 89.7 Å². The summed E-state index contributed by atoms with van der Waals surface area (Å²) in [7, 11) is -3.71. The summed E-state index contributed by atoms with van der Waals surface area (Å²) >= 11 is 5.89. The molecule has 8 heteroatoms. The molecule has 2 N–H and O–H groups in total. The van der Waals surface area contributed by atoms with Crippen LogP contribution in [0.25, 0.3) is 11.3 Å². The molecule has 0 unspecified atom stereocenters. The fraction of sp³-hybridized carbons (Fsp3) is 0.0952. The number of carbonyl (C=O) groups is 1. The molecule has 3 aromatic rings. The Hall–Kier alpha value is -2.87. The van der Waals surface area contributed by atoms with E-state index in [0.717, 1.165) is 5.56 Å². The van der Waals surface area contributed by atoms with Gasteiger partial charge in [-0.2, -0.15) is 0 Å². The molecule has 1 amide bonds. The van der Waals surface area contributed by atoms with Crippen LogP contribution < -0.4 is 10.0 Å². The number of halogens is 1. The van der Waals surface area contributed by atoms with Crippen LogP contribution in [-0.2, 0) is 16.6 Å². The SMILES string of the molecule is C=CCNS(=O)(=O)c1cccc(C(=O)NCc2ccc(-c3ccc(Cl)cc3)o2)c1. The Morgan fingerprint density at radius 2 is 1.86 bits per heavy atom. The highest BCUT2D eigenvalue weighted by Crippen LogP contribution is 2.23. The molecule has 0 saturated heterocycles. The monoisotopic (exact) mass is 430 g/mol. The van der Waals surface area contributed by atoms with Crippen LogP contribution in [0.4, 0.5) is 0 Å². The maximum Gasteiger partial charge on any atom is 0.251 e. The summed E-state index contributed by atoms with van der Waals surface area (Å²) in [5, 5.41) is 3.36. The van der Waals surface area contributed by atoms with Crippen molar-refractivity contribution in [1.29, 1.82) is 0 Å².